The molecule has 1 heterocycles. The van der Waals surface area contributed by atoms with E-state index in [2.05, 4.69) is 10.2 Å². The molecule has 2 aromatic rings. The van der Waals surface area contributed by atoms with Gasteiger partial charge < -0.3 is 0 Å². The minimum Gasteiger partial charge on any atom is -0.300 e. The second kappa shape index (κ2) is 5.00. The molecule has 1 aromatic heterocycles. The summed E-state index contributed by atoms with van der Waals surface area (Å²) < 4.78 is 23.6. The topological polar surface area (TPSA) is 108 Å². The predicted molar refractivity (Wildman–Crippen MR) is 71.1 cm³/mol. The Morgan fingerprint density at radius 1 is 1.35 bits per heavy atom. The van der Waals surface area contributed by atoms with Crippen molar-refractivity contribution >= 4 is 37.0 Å². The van der Waals surface area contributed by atoms with Gasteiger partial charge in [0.05, 0.1) is 10.5 Å². The molecule has 0 unspecified atom stereocenters. The van der Waals surface area contributed by atoms with E-state index in [0.29, 0.717) is 0 Å². The molecule has 0 atom stereocenters. The van der Waals surface area contributed by atoms with Gasteiger partial charge >= 0.3 is 0 Å². The van der Waals surface area contributed by atoms with E-state index in [1.807, 2.05) is 0 Å². The van der Waals surface area contributed by atoms with Crippen LogP contribution in [0.25, 0.3) is 11.4 Å². The number of benzene rings is 1. The lowest BCUT2D eigenvalue weighted by Gasteiger charge is -2.03. The van der Waals surface area contributed by atoms with Crippen LogP contribution in [-0.4, -0.2) is 28.1 Å². The number of nitrogens with zero attached hydrogens (tertiary/aromatic N) is 4. The van der Waals surface area contributed by atoms with Gasteiger partial charge in [-0.15, -0.1) is 10.2 Å². The molecule has 20 heavy (non-hydrogen) atoms. The van der Waals surface area contributed by atoms with Crippen molar-refractivity contribution in [3.05, 3.63) is 33.3 Å². The maximum absolute atomic E-state index is 11.3. The zero-order chi connectivity index (χ0) is 15.1. The second-order valence-corrected chi connectivity index (χ2v) is 6.62. The summed E-state index contributed by atoms with van der Waals surface area (Å²) in [5, 5.41) is 17.7. The quantitative estimate of drug-likeness (QED) is 0.481. The first kappa shape index (κ1) is 14.7. The van der Waals surface area contributed by atoms with Gasteiger partial charge in [-0.25, -0.2) is 8.42 Å². The minimum atomic E-state index is -4.10. The Bertz CT molecular complexity index is 802. The van der Waals surface area contributed by atoms with Crippen LogP contribution < -0.4 is 0 Å². The normalized spacial score (nSPS) is 11.6. The van der Waals surface area contributed by atoms with Crippen molar-refractivity contribution in [1.29, 1.82) is 0 Å². The molecular weight excluding hydrogens is 331 g/mol. The molecule has 2 rings (SSSR count). The lowest BCUT2D eigenvalue weighted by atomic mass is 10.1. The van der Waals surface area contributed by atoms with Crippen LogP contribution in [0, 0.1) is 10.1 Å². The molecular formula is C9H6Cl2N4O4S. The fourth-order valence-electron chi connectivity index (χ4n) is 1.61. The van der Waals surface area contributed by atoms with Crippen LogP contribution in [0.5, 0.6) is 0 Å². The van der Waals surface area contributed by atoms with Crippen LogP contribution in [-0.2, 0) is 16.1 Å². The van der Waals surface area contributed by atoms with E-state index in [9.17, 15) is 18.5 Å². The number of nitro benzene ring substituents is 1. The van der Waals surface area contributed by atoms with Crippen molar-refractivity contribution in [3.8, 4) is 11.4 Å². The Hall–Kier alpha value is -1.71. The third kappa shape index (κ3) is 2.60. The second-order valence-electron chi connectivity index (χ2n) is 3.72. The molecule has 0 saturated heterocycles. The van der Waals surface area contributed by atoms with Gasteiger partial charge in [0.1, 0.15) is 0 Å². The SMILES string of the molecule is Cn1c(-c2ccc(Cl)cc2[N+](=O)[O-])nnc1S(=O)(=O)Cl. The standard InChI is InChI=1S/C9H6Cl2N4O4S/c1-14-8(12-13-9(14)20(11,18)19)6-3-2-5(10)4-7(6)15(16)17/h2-4H,1H3. The third-order valence-electron chi connectivity index (χ3n) is 2.45. The maximum Gasteiger partial charge on any atom is 0.296 e. The number of rotatable bonds is 3. The molecule has 106 valence electrons. The van der Waals surface area contributed by atoms with Crippen molar-refractivity contribution in [2.24, 2.45) is 7.05 Å². The van der Waals surface area contributed by atoms with Gasteiger partial charge in [-0.3, -0.25) is 14.7 Å². The monoisotopic (exact) mass is 336 g/mol. The molecule has 0 aliphatic rings. The first-order valence-electron chi connectivity index (χ1n) is 5.00. The summed E-state index contributed by atoms with van der Waals surface area (Å²) in [7, 11) is 2.43. The highest BCUT2D eigenvalue weighted by Gasteiger charge is 2.25. The van der Waals surface area contributed by atoms with Crippen molar-refractivity contribution in [2.75, 3.05) is 0 Å². The van der Waals surface area contributed by atoms with Crippen LogP contribution in [0.2, 0.25) is 5.02 Å². The molecule has 1 aromatic carbocycles. The van der Waals surface area contributed by atoms with E-state index < -0.39 is 19.1 Å². The van der Waals surface area contributed by atoms with E-state index in [4.69, 9.17) is 22.3 Å². The van der Waals surface area contributed by atoms with Gasteiger partial charge in [-0.05, 0) is 12.1 Å². The summed E-state index contributed by atoms with van der Waals surface area (Å²) in [5.74, 6) is -0.00686. The molecule has 0 saturated carbocycles. The van der Waals surface area contributed by atoms with Gasteiger partial charge in [-0.1, -0.05) is 11.6 Å². The molecule has 0 amide bonds. The van der Waals surface area contributed by atoms with Crippen LogP contribution in [0.3, 0.4) is 0 Å². The van der Waals surface area contributed by atoms with E-state index >= 15 is 0 Å². The fourth-order valence-corrected chi connectivity index (χ4v) is 2.73. The first-order valence-corrected chi connectivity index (χ1v) is 7.69. The van der Waals surface area contributed by atoms with Gasteiger partial charge in [0.25, 0.3) is 19.9 Å². The van der Waals surface area contributed by atoms with Crippen molar-refractivity contribution in [3.63, 3.8) is 0 Å². The lowest BCUT2D eigenvalue weighted by Crippen LogP contribution is -2.03. The van der Waals surface area contributed by atoms with Crippen molar-refractivity contribution < 1.29 is 13.3 Å². The highest BCUT2D eigenvalue weighted by molar-refractivity contribution is 8.13. The average molecular weight is 337 g/mol. The zero-order valence-corrected chi connectivity index (χ0v) is 12.1. The van der Waals surface area contributed by atoms with Crippen LogP contribution in [0.15, 0.2) is 23.4 Å². The van der Waals surface area contributed by atoms with Crippen molar-refractivity contribution in [1.82, 2.24) is 14.8 Å². The highest BCUT2D eigenvalue weighted by atomic mass is 35.7. The Labute approximate surface area is 122 Å². The Balaban J connectivity index is 2.70. The summed E-state index contributed by atoms with van der Waals surface area (Å²) >= 11 is 5.70. The molecule has 0 fully saturated rings. The van der Waals surface area contributed by atoms with Gasteiger partial charge in [0.15, 0.2) is 5.82 Å². The largest absolute Gasteiger partial charge is 0.300 e. The van der Waals surface area contributed by atoms with Gasteiger partial charge in [0.2, 0.25) is 0 Å². The lowest BCUT2D eigenvalue weighted by molar-refractivity contribution is -0.384. The number of aromatic nitrogens is 3. The third-order valence-corrected chi connectivity index (χ3v) is 3.89. The predicted octanol–water partition coefficient (Wildman–Crippen LogP) is 1.97. The number of halogens is 2. The molecule has 0 bridgehead atoms. The van der Waals surface area contributed by atoms with E-state index in [1.54, 1.807) is 0 Å². The van der Waals surface area contributed by atoms with Crippen molar-refractivity contribution in [2.45, 2.75) is 5.16 Å². The summed E-state index contributed by atoms with van der Waals surface area (Å²) in [6, 6.07) is 3.92. The molecule has 0 aliphatic carbocycles. The highest BCUT2D eigenvalue weighted by Crippen LogP contribution is 2.31. The molecule has 11 heteroatoms. The van der Waals surface area contributed by atoms with E-state index in [1.165, 1.54) is 19.2 Å². The summed E-state index contributed by atoms with van der Waals surface area (Å²) in [5.41, 5.74) is -0.229. The molecule has 8 nitrogen and oxygen atoms in total. The smallest absolute Gasteiger partial charge is 0.296 e. The molecule has 0 N–H and O–H groups in total. The minimum absolute atomic E-state index is 0.00686. The Morgan fingerprint density at radius 2 is 2.00 bits per heavy atom. The first-order chi connectivity index (χ1) is 9.21. The number of hydrogen-bond donors (Lipinski definition) is 0. The van der Waals surface area contributed by atoms with Crippen LogP contribution >= 0.6 is 22.3 Å². The number of hydrogen-bond acceptors (Lipinski definition) is 6. The Morgan fingerprint density at radius 3 is 2.50 bits per heavy atom. The van der Waals surface area contributed by atoms with E-state index in [-0.39, 0.29) is 22.1 Å². The number of nitro groups is 1. The van der Waals surface area contributed by atoms with E-state index in [0.717, 1.165) is 10.6 Å². The van der Waals surface area contributed by atoms with Gasteiger partial charge in [-0.2, -0.15) is 0 Å². The van der Waals surface area contributed by atoms with Crippen LogP contribution in [0.4, 0.5) is 5.69 Å². The average Bonchev–Trinajstić information content (AvgIpc) is 2.70. The summed E-state index contributed by atoms with van der Waals surface area (Å²) in [6.45, 7) is 0. The molecule has 0 spiro atoms. The summed E-state index contributed by atoms with van der Waals surface area (Å²) in [4.78, 5) is 10.4. The van der Waals surface area contributed by atoms with Crippen LogP contribution in [0.1, 0.15) is 0 Å². The fraction of sp³-hybridized carbons (Fsp3) is 0.111. The Kier molecular flexibility index (Phi) is 3.67. The zero-order valence-electron chi connectivity index (χ0n) is 9.82. The molecule has 0 aliphatic heterocycles. The van der Waals surface area contributed by atoms with Gasteiger partial charge in [0, 0.05) is 28.8 Å². The molecule has 0 radical (unpaired) electrons. The summed E-state index contributed by atoms with van der Waals surface area (Å²) in [6.07, 6.45) is 0. The maximum atomic E-state index is 11.3.